The van der Waals surface area contributed by atoms with Crippen molar-refractivity contribution in [3.05, 3.63) is 79.9 Å². The van der Waals surface area contributed by atoms with Crippen LogP contribution in [0, 0.1) is 20.2 Å². The van der Waals surface area contributed by atoms with Crippen LogP contribution in [0.25, 0.3) is 0 Å². The molecule has 0 aliphatic rings. The van der Waals surface area contributed by atoms with Crippen LogP contribution in [0.2, 0.25) is 0 Å². The number of hydrogen-bond acceptors (Lipinski definition) is 9. The van der Waals surface area contributed by atoms with E-state index < -0.39 is 27.6 Å². The van der Waals surface area contributed by atoms with E-state index in [4.69, 9.17) is 15.6 Å². The topological polar surface area (TPSA) is 199 Å². The Balaban J connectivity index is 0.00000150. The van der Waals surface area contributed by atoms with Crippen molar-refractivity contribution in [2.75, 3.05) is 26.2 Å². The lowest BCUT2D eigenvalue weighted by molar-refractivity contribution is -0.385. The number of nitrogens with two attached hydrogens (primary N) is 1. The van der Waals surface area contributed by atoms with Gasteiger partial charge in [0.2, 0.25) is 0 Å². The minimum absolute atomic E-state index is 0.129. The molecule has 0 atom stereocenters. The van der Waals surface area contributed by atoms with Gasteiger partial charge in [0.05, 0.1) is 9.85 Å². The molecule has 0 aliphatic heterocycles. The fourth-order valence-corrected chi connectivity index (χ4v) is 2.93. The van der Waals surface area contributed by atoms with E-state index in [1.165, 1.54) is 48.5 Å². The third-order valence-corrected chi connectivity index (χ3v) is 4.68. The molecular formula is C23H29N5O8. The minimum atomic E-state index is -0.833. The van der Waals surface area contributed by atoms with Gasteiger partial charge in [-0.05, 0) is 63.2 Å². The average molecular weight is 504 g/mol. The second kappa shape index (κ2) is 15.6. The van der Waals surface area contributed by atoms with Gasteiger partial charge in [0.25, 0.3) is 29.2 Å². The lowest BCUT2D eigenvalue weighted by Gasteiger charge is -2.21. The van der Waals surface area contributed by atoms with E-state index in [-0.39, 0.29) is 29.0 Å². The number of non-ortho nitro benzene ring substituents is 2. The number of nitrogens with one attached hydrogen (secondary N) is 1. The maximum absolute atomic E-state index is 13.0. The lowest BCUT2D eigenvalue weighted by Crippen LogP contribution is -2.38. The Kier molecular flexibility index (Phi) is 12.9. The number of nitro benzene ring substituents is 2. The van der Waals surface area contributed by atoms with E-state index in [1.54, 1.807) is 0 Å². The number of carboxylic acid groups (broad SMARTS) is 1. The normalized spacial score (nSPS) is 10.1. The third kappa shape index (κ3) is 10.4. The molecule has 4 N–H and O–H groups in total. The van der Waals surface area contributed by atoms with Crippen molar-refractivity contribution >= 4 is 29.2 Å². The van der Waals surface area contributed by atoms with Crippen LogP contribution in [0.1, 0.15) is 46.9 Å². The second-order valence-electron chi connectivity index (χ2n) is 7.49. The molecule has 36 heavy (non-hydrogen) atoms. The van der Waals surface area contributed by atoms with Gasteiger partial charge in [0, 0.05) is 48.9 Å². The van der Waals surface area contributed by atoms with E-state index in [0.29, 0.717) is 25.9 Å². The molecule has 0 saturated heterocycles. The lowest BCUT2D eigenvalue weighted by atomic mass is 10.1. The highest BCUT2D eigenvalue weighted by Crippen LogP contribution is 2.18. The van der Waals surface area contributed by atoms with Crippen LogP contribution in [0.5, 0.6) is 0 Å². The molecule has 2 aromatic rings. The number of nitrogens with zero attached hydrogens (tertiary/aromatic N) is 3. The van der Waals surface area contributed by atoms with Gasteiger partial charge in [-0.2, -0.15) is 0 Å². The zero-order chi connectivity index (χ0) is 27.1. The number of rotatable bonds is 12. The number of carboxylic acids is 1. The monoisotopic (exact) mass is 503 g/mol. The van der Waals surface area contributed by atoms with Crippen molar-refractivity contribution in [2.45, 2.75) is 26.2 Å². The van der Waals surface area contributed by atoms with Crippen molar-refractivity contribution < 1.29 is 29.3 Å². The number of nitro groups is 2. The van der Waals surface area contributed by atoms with E-state index in [2.05, 4.69) is 5.32 Å². The number of unbranched alkanes of at least 4 members (excludes halogenated alkanes) is 1. The standard InChI is InChI=1S/C21H25N5O6.C2H4O2/c22-12-3-14-23-13-1-2-15-24(20(27)16-4-8-18(9-5-16)25(29)30)21(28)17-6-10-19(11-7-17)26(31)32;1-2(3)4/h4-11,23H,1-3,12-15,22H2;1H3,(H,3,4). The van der Waals surface area contributed by atoms with Gasteiger partial charge in [-0.1, -0.05) is 0 Å². The SMILES string of the molecule is CC(=O)O.NCCCNCCCCN(C(=O)c1ccc([N+](=O)[O-])cc1)C(=O)c1ccc([N+](=O)[O-])cc1. The van der Waals surface area contributed by atoms with Crippen LogP contribution in [0.3, 0.4) is 0 Å². The second-order valence-corrected chi connectivity index (χ2v) is 7.49. The fourth-order valence-electron chi connectivity index (χ4n) is 2.93. The molecule has 0 spiro atoms. The smallest absolute Gasteiger partial charge is 0.300 e. The number of benzene rings is 2. The summed E-state index contributed by atoms with van der Waals surface area (Å²) in [5, 5.41) is 32.3. The van der Waals surface area contributed by atoms with Gasteiger partial charge < -0.3 is 16.2 Å². The summed E-state index contributed by atoms with van der Waals surface area (Å²) in [6.45, 7) is 3.29. The molecule has 2 rings (SSSR count). The minimum Gasteiger partial charge on any atom is -0.481 e. The maximum Gasteiger partial charge on any atom is 0.300 e. The van der Waals surface area contributed by atoms with Crippen LogP contribution in [0.15, 0.2) is 48.5 Å². The summed E-state index contributed by atoms with van der Waals surface area (Å²) in [5.74, 6) is -2.03. The first-order chi connectivity index (χ1) is 17.1. The molecule has 0 saturated carbocycles. The summed E-state index contributed by atoms with van der Waals surface area (Å²) in [5.41, 5.74) is 5.37. The van der Waals surface area contributed by atoms with Crippen molar-refractivity contribution in [1.29, 1.82) is 0 Å². The predicted molar refractivity (Wildman–Crippen MR) is 131 cm³/mol. The molecular weight excluding hydrogens is 474 g/mol. The van der Waals surface area contributed by atoms with Gasteiger partial charge in [-0.25, -0.2) is 0 Å². The van der Waals surface area contributed by atoms with Gasteiger partial charge in [0.15, 0.2) is 0 Å². The van der Waals surface area contributed by atoms with Crippen LogP contribution in [-0.4, -0.2) is 63.8 Å². The van der Waals surface area contributed by atoms with Gasteiger partial charge in [0.1, 0.15) is 0 Å². The summed E-state index contributed by atoms with van der Waals surface area (Å²) in [4.78, 5) is 56.6. The van der Waals surface area contributed by atoms with Gasteiger partial charge >= 0.3 is 0 Å². The van der Waals surface area contributed by atoms with E-state index in [0.717, 1.165) is 24.8 Å². The highest BCUT2D eigenvalue weighted by atomic mass is 16.6. The Morgan fingerprint density at radius 1 is 0.833 bits per heavy atom. The van der Waals surface area contributed by atoms with Crippen LogP contribution in [0.4, 0.5) is 11.4 Å². The molecule has 13 nitrogen and oxygen atoms in total. The predicted octanol–water partition coefficient (Wildman–Crippen LogP) is 2.60. The third-order valence-electron chi connectivity index (χ3n) is 4.68. The van der Waals surface area contributed by atoms with Gasteiger partial charge in [-0.3, -0.25) is 39.5 Å². The van der Waals surface area contributed by atoms with Crippen LogP contribution < -0.4 is 11.1 Å². The summed E-state index contributed by atoms with van der Waals surface area (Å²) in [7, 11) is 0. The van der Waals surface area contributed by atoms with Crippen molar-refractivity contribution in [3.63, 3.8) is 0 Å². The molecule has 0 unspecified atom stereocenters. The Morgan fingerprint density at radius 2 is 1.22 bits per heavy atom. The molecule has 0 aromatic heterocycles. The van der Waals surface area contributed by atoms with Crippen molar-refractivity contribution in [2.24, 2.45) is 5.73 Å². The van der Waals surface area contributed by atoms with Crippen molar-refractivity contribution in [1.82, 2.24) is 10.2 Å². The summed E-state index contributed by atoms with van der Waals surface area (Å²) in [6, 6.07) is 9.98. The molecule has 0 heterocycles. The number of amides is 2. The molecule has 0 bridgehead atoms. The maximum atomic E-state index is 13.0. The van der Waals surface area contributed by atoms with Gasteiger partial charge in [-0.15, -0.1) is 0 Å². The average Bonchev–Trinajstić information content (AvgIpc) is 2.85. The van der Waals surface area contributed by atoms with E-state index in [1.807, 2.05) is 0 Å². The highest BCUT2D eigenvalue weighted by molar-refractivity contribution is 6.10. The number of imide groups is 1. The zero-order valence-corrected chi connectivity index (χ0v) is 19.8. The largest absolute Gasteiger partial charge is 0.481 e. The molecule has 13 heteroatoms. The molecule has 0 fully saturated rings. The molecule has 0 radical (unpaired) electrons. The number of aliphatic carboxylic acids is 1. The molecule has 194 valence electrons. The van der Waals surface area contributed by atoms with Crippen molar-refractivity contribution in [3.8, 4) is 0 Å². The number of hydrogen-bond donors (Lipinski definition) is 3. The van der Waals surface area contributed by atoms with Crippen LogP contribution in [-0.2, 0) is 4.79 Å². The van der Waals surface area contributed by atoms with E-state index >= 15 is 0 Å². The Morgan fingerprint density at radius 3 is 1.58 bits per heavy atom. The first-order valence-electron chi connectivity index (χ1n) is 11.0. The molecule has 0 aliphatic carbocycles. The Hall–Kier alpha value is -4.23. The quantitative estimate of drug-likeness (QED) is 0.167. The first-order valence-corrected chi connectivity index (χ1v) is 11.0. The number of carbonyl (C=O) groups excluding carboxylic acids is 2. The zero-order valence-electron chi connectivity index (χ0n) is 19.8. The molecule has 2 aromatic carbocycles. The molecule has 2 amide bonds. The Labute approximate surface area is 207 Å². The van der Waals surface area contributed by atoms with Crippen LogP contribution >= 0.6 is 0 Å². The fraction of sp³-hybridized carbons (Fsp3) is 0.348. The summed E-state index contributed by atoms with van der Waals surface area (Å²) < 4.78 is 0. The summed E-state index contributed by atoms with van der Waals surface area (Å²) in [6.07, 6.45) is 2.10. The first kappa shape index (κ1) is 29.8. The highest BCUT2D eigenvalue weighted by Gasteiger charge is 2.24. The number of carbonyl (C=O) groups is 3. The Bertz CT molecular complexity index is 968. The summed E-state index contributed by atoms with van der Waals surface area (Å²) >= 11 is 0. The van der Waals surface area contributed by atoms with E-state index in [9.17, 15) is 29.8 Å².